The maximum absolute atomic E-state index is 12.0. The number of furan rings is 1. The van der Waals surface area contributed by atoms with Crippen molar-refractivity contribution in [1.29, 1.82) is 0 Å². The van der Waals surface area contributed by atoms with Crippen molar-refractivity contribution >= 4 is 6.09 Å². The molecule has 1 aromatic heterocycles. The van der Waals surface area contributed by atoms with Gasteiger partial charge in [-0.2, -0.15) is 0 Å². The molecule has 0 radical (unpaired) electrons. The van der Waals surface area contributed by atoms with Gasteiger partial charge in [-0.1, -0.05) is 0 Å². The number of nitrogens with one attached hydrogen (secondary N) is 2. The topological polar surface area (TPSA) is 63.5 Å². The molecule has 1 fully saturated rings. The summed E-state index contributed by atoms with van der Waals surface area (Å²) in [6.07, 6.45) is 7.13. The van der Waals surface area contributed by atoms with Crippen LogP contribution >= 0.6 is 0 Å². The van der Waals surface area contributed by atoms with Crippen molar-refractivity contribution in [3.63, 3.8) is 0 Å². The van der Waals surface area contributed by atoms with E-state index in [-0.39, 0.29) is 12.1 Å². The molecule has 1 aromatic rings. The zero-order valence-electron chi connectivity index (χ0n) is 14.4. The molecule has 0 aromatic carbocycles. The number of aryl methyl sites for hydroxylation is 1. The van der Waals surface area contributed by atoms with E-state index in [0.717, 1.165) is 31.6 Å². The zero-order chi connectivity index (χ0) is 16.4. The lowest BCUT2D eigenvalue weighted by Crippen LogP contribution is -2.46. The SMILES string of the molecule is CC(C)(C)OC(=O)NC(CNC1CCCc2occc21)C1CC1. The van der Waals surface area contributed by atoms with Crippen LogP contribution < -0.4 is 10.6 Å². The molecule has 2 atom stereocenters. The highest BCUT2D eigenvalue weighted by Crippen LogP contribution is 2.34. The van der Waals surface area contributed by atoms with Crippen molar-refractivity contribution in [1.82, 2.24) is 10.6 Å². The standard InChI is InChI=1S/C18H28N2O3/c1-18(2,3)23-17(21)20-15(12-7-8-12)11-19-14-5-4-6-16-13(14)9-10-22-16/h9-10,12,14-15,19H,4-8,11H2,1-3H3,(H,20,21). The molecule has 5 nitrogen and oxygen atoms in total. The molecule has 23 heavy (non-hydrogen) atoms. The Morgan fingerprint density at radius 1 is 1.39 bits per heavy atom. The average molecular weight is 320 g/mol. The number of ether oxygens (including phenoxy) is 1. The molecule has 1 amide bonds. The quantitative estimate of drug-likeness (QED) is 0.871. The van der Waals surface area contributed by atoms with Crippen molar-refractivity contribution in [3.05, 3.63) is 23.7 Å². The van der Waals surface area contributed by atoms with E-state index in [0.29, 0.717) is 12.0 Å². The highest BCUT2D eigenvalue weighted by molar-refractivity contribution is 5.68. The molecule has 2 aliphatic carbocycles. The molecule has 1 heterocycles. The fourth-order valence-corrected chi connectivity index (χ4v) is 3.26. The first-order valence-electron chi connectivity index (χ1n) is 8.71. The minimum Gasteiger partial charge on any atom is -0.469 e. The van der Waals surface area contributed by atoms with Gasteiger partial charge >= 0.3 is 6.09 Å². The third kappa shape index (κ3) is 4.50. The average Bonchev–Trinajstić information content (AvgIpc) is 3.18. The van der Waals surface area contributed by atoms with E-state index in [1.807, 2.05) is 20.8 Å². The van der Waals surface area contributed by atoms with E-state index in [9.17, 15) is 4.79 Å². The minimum atomic E-state index is -0.458. The number of alkyl carbamates (subject to hydrolysis) is 1. The predicted molar refractivity (Wildman–Crippen MR) is 88.3 cm³/mol. The summed E-state index contributed by atoms with van der Waals surface area (Å²) in [6, 6.07) is 2.54. The summed E-state index contributed by atoms with van der Waals surface area (Å²) in [6.45, 7) is 6.44. The highest BCUT2D eigenvalue weighted by atomic mass is 16.6. The van der Waals surface area contributed by atoms with Crippen LogP contribution in [0.4, 0.5) is 4.79 Å². The maximum atomic E-state index is 12.0. The Kier molecular flexibility index (Phi) is 4.67. The second-order valence-corrected chi connectivity index (χ2v) is 7.74. The van der Waals surface area contributed by atoms with Gasteiger partial charge in [0, 0.05) is 30.6 Å². The third-order valence-electron chi connectivity index (χ3n) is 4.53. The van der Waals surface area contributed by atoms with Gasteiger partial charge in [0.1, 0.15) is 11.4 Å². The summed E-state index contributed by atoms with van der Waals surface area (Å²) in [5, 5.41) is 6.67. The van der Waals surface area contributed by atoms with Crippen LogP contribution in [0.25, 0.3) is 0 Å². The number of fused-ring (bicyclic) bond motifs is 1. The Morgan fingerprint density at radius 3 is 2.87 bits per heavy atom. The zero-order valence-corrected chi connectivity index (χ0v) is 14.4. The lowest BCUT2D eigenvalue weighted by atomic mass is 9.93. The van der Waals surface area contributed by atoms with Crippen molar-refractivity contribution in [2.75, 3.05) is 6.54 Å². The smallest absolute Gasteiger partial charge is 0.407 e. The summed E-state index contributed by atoms with van der Waals surface area (Å²) in [7, 11) is 0. The van der Waals surface area contributed by atoms with E-state index in [1.165, 1.54) is 18.4 Å². The van der Waals surface area contributed by atoms with Crippen LogP contribution in [-0.4, -0.2) is 24.3 Å². The molecular weight excluding hydrogens is 292 g/mol. The van der Waals surface area contributed by atoms with Crippen molar-refractivity contribution in [2.24, 2.45) is 5.92 Å². The Balaban J connectivity index is 1.54. The molecule has 3 rings (SSSR count). The summed E-state index contributed by atoms with van der Waals surface area (Å²) in [5.41, 5.74) is 0.823. The number of hydrogen-bond donors (Lipinski definition) is 2. The van der Waals surface area contributed by atoms with Gasteiger partial charge in [0.25, 0.3) is 0 Å². The number of amides is 1. The van der Waals surface area contributed by atoms with Crippen LogP contribution in [0.2, 0.25) is 0 Å². The molecule has 1 saturated carbocycles. The van der Waals surface area contributed by atoms with E-state index >= 15 is 0 Å². The molecule has 2 aliphatic rings. The molecular formula is C18H28N2O3. The van der Waals surface area contributed by atoms with Gasteiger partial charge in [-0.25, -0.2) is 4.79 Å². The Labute approximate surface area is 138 Å². The normalized spacial score (nSPS) is 22.3. The Hall–Kier alpha value is -1.49. The van der Waals surface area contributed by atoms with Gasteiger partial charge in [-0.15, -0.1) is 0 Å². The van der Waals surface area contributed by atoms with E-state index < -0.39 is 5.60 Å². The van der Waals surface area contributed by atoms with Crippen LogP contribution in [-0.2, 0) is 11.2 Å². The Bertz CT molecular complexity index is 543. The van der Waals surface area contributed by atoms with Crippen LogP contribution in [0, 0.1) is 5.92 Å². The number of carbonyl (C=O) groups excluding carboxylic acids is 1. The third-order valence-corrected chi connectivity index (χ3v) is 4.53. The number of carbonyl (C=O) groups is 1. The maximum Gasteiger partial charge on any atom is 0.407 e. The van der Waals surface area contributed by atoms with Gasteiger partial charge in [0.15, 0.2) is 0 Å². The van der Waals surface area contributed by atoms with E-state index in [2.05, 4.69) is 16.7 Å². The lowest BCUT2D eigenvalue weighted by molar-refractivity contribution is 0.0496. The summed E-state index contributed by atoms with van der Waals surface area (Å²) >= 11 is 0. The van der Waals surface area contributed by atoms with Gasteiger partial charge in [-0.3, -0.25) is 0 Å². The summed E-state index contributed by atoms with van der Waals surface area (Å²) in [4.78, 5) is 12.0. The monoisotopic (exact) mass is 320 g/mol. The fourth-order valence-electron chi connectivity index (χ4n) is 3.26. The van der Waals surface area contributed by atoms with Crippen molar-refractivity contribution in [3.8, 4) is 0 Å². The van der Waals surface area contributed by atoms with Gasteiger partial charge in [0.05, 0.1) is 6.26 Å². The second kappa shape index (κ2) is 6.56. The summed E-state index contributed by atoms with van der Waals surface area (Å²) in [5.74, 6) is 1.68. The lowest BCUT2D eigenvalue weighted by Gasteiger charge is -2.27. The predicted octanol–water partition coefficient (Wildman–Crippen LogP) is 3.55. The van der Waals surface area contributed by atoms with Gasteiger partial charge in [-0.05, 0) is 58.4 Å². The minimum absolute atomic E-state index is 0.141. The van der Waals surface area contributed by atoms with Gasteiger partial charge < -0.3 is 19.8 Å². The second-order valence-electron chi connectivity index (χ2n) is 7.74. The molecule has 2 N–H and O–H groups in total. The van der Waals surface area contributed by atoms with Crippen LogP contribution in [0.5, 0.6) is 0 Å². The first kappa shape index (κ1) is 16.4. The largest absolute Gasteiger partial charge is 0.469 e. The molecule has 128 valence electrons. The highest BCUT2D eigenvalue weighted by Gasteiger charge is 2.34. The fraction of sp³-hybridized carbons (Fsp3) is 0.722. The molecule has 2 unspecified atom stereocenters. The van der Waals surface area contributed by atoms with Crippen molar-refractivity contribution < 1.29 is 13.9 Å². The van der Waals surface area contributed by atoms with E-state index in [4.69, 9.17) is 9.15 Å². The molecule has 0 aliphatic heterocycles. The first-order valence-corrected chi connectivity index (χ1v) is 8.71. The van der Waals surface area contributed by atoms with Gasteiger partial charge in [0.2, 0.25) is 0 Å². The molecule has 0 spiro atoms. The first-order chi connectivity index (χ1) is 10.9. The number of hydrogen-bond acceptors (Lipinski definition) is 4. The van der Waals surface area contributed by atoms with Crippen LogP contribution in [0.1, 0.15) is 63.8 Å². The van der Waals surface area contributed by atoms with Crippen LogP contribution in [0.15, 0.2) is 16.7 Å². The molecule has 0 bridgehead atoms. The number of rotatable bonds is 5. The molecule has 0 saturated heterocycles. The molecule has 5 heteroatoms. The Morgan fingerprint density at radius 2 is 2.17 bits per heavy atom. The van der Waals surface area contributed by atoms with E-state index in [1.54, 1.807) is 6.26 Å². The van der Waals surface area contributed by atoms with Crippen molar-refractivity contribution in [2.45, 2.75) is 70.6 Å². The summed E-state index contributed by atoms with van der Waals surface area (Å²) < 4.78 is 10.9. The van der Waals surface area contributed by atoms with Crippen LogP contribution in [0.3, 0.4) is 0 Å².